The molecule has 0 spiro atoms. The van der Waals surface area contributed by atoms with Gasteiger partial charge >= 0.3 is 0 Å². The van der Waals surface area contributed by atoms with Crippen LogP contribution >= 0.6 is 23.4 Å². The first-order valence-electron chi connectivity index (χ1n) is 10.3. The molecule has 0 atom stereocenters. The molecule has 35 heavy (non-hydrogen) atoms. The zero-order valence-corrected chi connectivity index (χ0v) is 20.9. The molecule has 2 aromatic carbocycles. The van der Waals surface area contributed by atoms with Gasteiger partial charge in [-0.2, -0.15) is 5.10 Å². The molecular weight excluding hydrogens is 494 g/mol. The van der Waals surface area contributed by atoms with E-state index in [0.717, 1.165) is 17.3 Å². The molecule has 12 heteroatoms. The Bertz CT molecular complexity index is 1440. The first-order valence-corrected chi connectivity index (χ1v) is 11.7. The van der Waals surface area contributed by atoms with Gasteiger partial charge in [0.15, 0.2) is 22.3 Å². The first kappa shape index (κ1) is 24.4. The number of ether oxygens (including phenoxy) is 3. The number of anilines is 1. The van der Waals surface area contributed by atoms with Crippen molar-refractivity contribution in [2.45, 2.75) is 12.1 Å². The molecule has 4 aromatic rings. The minimum absolute atomic E-state index is 0.0185. The molecule has 0 unspecified atom stereocenters. The zero-order valence-electron chi connectivity index (χ0n) is 19.3. The summed E-state index contributed by atoms with van der Waals surface area (Å²) in [4.78, 5) is 30.5. The summed E-state index contributed by atoms with van der Waals surface area (Å²) >= 11 is 7.28. The molecular formula is C23H22ClN5O5S. The maximum atomic E-state index is 13.2. The van der Waals surface area contributed by atoms with Crippen molar-refractivity contribution in [2.75, 3.05) is 32.4 Å². The number of hydrogen-bond acceptors (Lipinski definition) is 8. The molecule has 1 amide bonds. The van der Waals surface area contributed by atoms with Gasteiger partial charge in [0.1, 0.15) is 5.39 Å². The normalized spacial score (nSPS) is 10.9. The summed E-state index contributed by atoms with van der Waals surface area (Å²) in [5, 5.41) is 10.7. The van der Waals surface area contributed by atoms with Gasteiger partial charge in [0, 0.05) is 22.8 Å². The molecule has 0 aliphatic heterocycles. The zero-order chi connectivity index (χ0) is 25.1. The van der Waals surface area contributed by atoms with Crippen LogP contribution in [0, 0.1) is 6.92 Å². The Kier molecular flexibility index (Phi) is 7.17. The van der Waals surface area contributed by atoms with Crippen molar-refractivity contribution in [3.05, 3.63) is 57.5 Å². The molecule has 0 bridgehead atoms. The number of nitrogens with one attached hydrogen (secondary N) is 2. The Labute approximate surface area is 209 Å². The average molecular weight is 516 g/mol. The lowest BCUT2D eigenvalue weighted by atomic mass is 10.2. The van der Waals surface area contributed by atoms with Crippen molar-refractivity contribution < 1.29 is 19.0 Å². The quantitative estimate of drug-likeness (QED) is 0.268. The number of aryl methyl sites for hydroxylation is 1. The number of thioether (sulfide) groups is 1. The molecule has 4 rings (SSSR count). The second-order valence-electron chi connectivity index (χ2n) is 7.35. The van der Waals surface area contributed by atoms with Crippen LogP contribution in [0.25, 0.3) is 16.7 Å². The molecule has 182 valence electrons. The fraction of sp³-hybridized carbons (Fsp3) is 0.217. The minimum atomic E-state index is -0.318. The lowest BCUT2D eigenvalue weighted by Crippen LogP contribution is -2.22. The first-order chi connectivity index (χ1) is 16.9. The number of amides is 1. The van der Waals surface area contributed by atoms with Crippen LogP contribution in [-0.4, -0.2) is 52.7 Å². The van der Waals surface area contributed by atoms with Crippen LogP contribution in [0.5, 0.6) is 17.2 Å². The summed E-state index contributed by atoms with van der Waals surface area (Å²) in [7, 11) is 4.49. The number of methoxy groups -OCH3 is 3. The third kappa shape index (κ3) is 4.91. The molecule has 0 aliphatic carbocycles. The van der Waals surface area contributed by atoms with Crippen LogP contribution in [0.1, 0.15) is 5.56 Å². The Hall–Kier alpha value is -3.70. The van der Waals surface area contributed by atoms with E-state index < -0.39 is 0 Å². The van der Waals surface area contributed by atoms with Crippen molar-refractivity contribution in [3.63, 3.8) is 0 Å². The van der Waals surface area contributed by atoms with Crippen molar-refractivity contribution in [3.8, 4) is 22.9 Å². The summed E-state index contributed by atoms with van der Waals surface area (Å²) in [6.45, 7) is 1.85. The maximum Gasteiger partial charge on any atom is 0.269 e. The van der Waals surface area contributed by atoms with E-state index in [1.807, 2.05) is 6.92 Å². The number of nitrogens with zero attached hydrogens (tertiary/aromatic N) is 3. The Balaban J connectivity index is 1.62. The highest BCUT2D eigenvalue weighted by Crippen LogP contribution is 2.40. The number of benzene rings is 2. The Morgan fingerprint density at radius 3 is 2.49 bits per heavy atom. The number of carbonyl (C=O) groups is 1. The van der Waals surface area contributed by atoms with E-state index in [2.05, 4.69) is 20.5 Å². The molecule has 0 fully saturated rings. The van der Waals surface area contributed by atoms with Crippen LogP contribution in [0.4, 0.5) is 5.69 Å². The number of fused-ring (bicyclic) bond motifs is 1. The minimum Gasteiger partial charge on any atom is -0.493 e. The standard InChI is InChI=1S/C23H22ClN5O5S/c1-12-7-14(5-6-16(12)24)29-22(31)15-10-25-28-21(15)27-23(29)35-11-19(30)26-13-8-17(32-2)20(34-4)18(9-13)33-3/h5-10H,11H2,1-4H3,(H,25,28)(H,26,30). The SMILES string of the molecule is COc1cc(NC(=O)CSc2nc3[nH]ncc3c(=O)n2-c2ccc(Cl)c(C)c2)cc(OC)c1OC. The van der Waals surface area contributed by atoms with Crippen LogP contribution in [0.2, 0.25) is 5.02 Å². The second kappa shape index (κ2) is 10.3. The van der Waals surface area contributed by atoms with Gasteiger partial charge in [-0.25, -0.2) is 4.98 Å². The number of rotatable bonds is 8. The fourth-order valence-electron chi connectivity index (χ4n) is 3.45. The molecule has 0 aliphatic rings. The summed E-state index contributed by atoms with van der Waals surface area (Å²) in [6, 6.07) is 8.49. The number of carbonyl (C=O) groups excluding carboxylic acids is 1. The number of aromatic amines is 1. The summed E-state index contributed by atoms with van der Waals surface area (Å²) in [5.41, 5.74) is 1.88. The highest BCUT2D eigenvalue weighted by Gasteiger charge is 2.18. The van der Waals surface area contributed by atoms with Crippen LogP contribution < -0.4 is 25.1 Å². The van der Waals surface area contributed by atoms with E-state index in [1.165, 1.54) is 32.1 Å². The van der Waals surface area contributed by atoms with Crippen molar-refractivity contribution in [2.24, 2.45) is 0 Å². The smallest absolute Gasteiger partial charge is 0.269 e. The van der Waals surface area contributed by atoms with Crippen LogP contribution in [0.15, 0.2) is 46.5 Å². The monoisotopic (exact) mass is 515 g/mol. The van der Waals surface area contributed by atoms with E-state index in [-0.39, 0.29) is 17.2 Å². The summed E-state index contributed by atoms with van der Waals surface area (Å²) in [6.07, 6.45) is 1.43. The lowest BCUT2D eigenvalue weighted by molar-refractivity contribution is -0.113. The van der Waals surface area contributed by atoms with E-state index in [1.54, 1.807) is 30.3 Å². The van der Waals surface area contributed by atoms with Crippen molar-refractivity contribution in [1.29, 1.82) is 0 Å². The predicted molar refractivity (Wildman–Crippen MR) is 135 cm³/mol. The van der Waals surface area contributed by atoms with E-state index in [4.69, 9.17) is 25.8 Å². The van der Waals surface area contributed by atoms with Gasteiger partial charge in [0.2, 0.25) is 11.7 Å². The summed E-state index contributed by atoms with van der Waals surface area (Å²) < 4.78 is 17.4. The molecule has 0 radical (unpaired) electrons. The third-order valence-corrected chi connectivity index (χ3v) is 6.49. The van der Waals surface area contributed by atoms with Gasteiger partial charge in [0.05, 0.1) is 39.0 Å². The average Bonchev–Trinajstić information content (AvgIpc) is 3.33. The van der Waals surface area contributed by atoms with Crippen molar-refractivity contribution in [1.82, 2.24) is 19.7 Å². The lowest BCUT2D eigenvalue weighted by Gasteiger charge is -2.15. The van der Waals surface area contributed by atoms with Gasteiger partial charge in [-0.3, -0.25) is 19.3 Å². The molecule has 2 aromatic heterocycles. The van der Waals surface area contributed by atoms with Gasteiger partial charge in [-0.1, -0.05) is 23.4 Å². The topological polar surface area (TPSA) is 120 Å². The maximum absolute atomic E-state index is 13.2. The number of hydrogen-bond donors (Lipinski definition) is 2. The van der Waals surface area contributed by atoms with Crippen molar-refractivity contribution >= 4 is 46.0 Å². The van der Waals surface area contributed by atoms with Gasteiger partial charge in [0.25, 0.3) is 5.56 Å². The molecule has 2 heterocycles. The number of halogens is 1. The number of aromatic nitrogens is 4. The van der Waals surface area contributed by atoms with Gasteiger partial charge in [-0.15, -0.1) is 0 Å². The van der Waals surface area contributed by atoms with E-state index in [0.29, 0.717) is 49.8 Å². The molecule has 10 nitrogen and oxygen atoms in total. The molecule has 2 N–H and O–H groups in total. The predicted octanol–water partition coefficient (Wildman–Crippen LogP) is 3.83. The van der Waals surface area contributed by atoms with Crippen LogP contribution in [-0.2, 0) is 4.79 Å². The van der Waals surface area contributed by atoms with Crippen LogP contribution in [0.3, 0.4) is 0 Å². The Morgan fingerprint density at radius 1 is 1.14 bits per heavy atom. The largest absolute Gasteiger partial charge is 0.493 e. The highest BCUT2D eigenvalue weighted by atomic mass is 35.5. The molecule has 0 saturated heterocycles. The summed E-state index contributed by atoms with van der Waals surface area (Å²) in [5.74, 6) is 0.903. The second-order valence-corrected chi connectivity index (χ2v) is 8.70. The molecule has 0 saturated carbocycles. The van der Waals surface area contributed by atoms with Gasteiger partial charge < -0.3 is 19.5 Å². The van der Waals surface area contributed by atoms with E-state index in [9.17, 15) is 9.59 Å². The van der Waals surface area contributed by atoms with Gasteiger partial charge in [-0.05, 0) is 30.7 Å². The van der Waals surface area contributed by atoms with E-state index >= 15 is 0 Å². The number of H-pyrrole nitrogens is 1. The fourth-order valence-corrected chi connectivity index (χ4v) is 4.37. The Morgan fingerprint density at radius 2 is 1.86 bits per heavy atom. The third-order valence-electron chi connectivity index (χ3n) is 5.13. The highest BCUT2D eigenvalue weighted by molar-refractivity contribution is 7.99.